The standard InChI is InChI=1S/C30H40N4O3/c1-22(2)32-14-9-25(10-15-32)23-4-6-24(7-5-23)27-20-29-28(8-13-31-34(29)21-27)26-11-16-33(17-12-26)30(35)37-19-18-36-3/h4-8,13,20-22,25-26H,9-12,14-19H2,1-3H3. The van der Waals surface area contributed by atoms with Gasteiger partial charge in [0.25, 0.3) is 0 Å². The van der Waals surface area contributed by atoms with E-state index in [-0.39, 0.29) is 6.09 Å². The number of methoxy groups -OCH3 is 1. The van der Waals surface area contributed by atoms with Gasteiger partial charge in [-0.15, -0.1) is 0 Å². The minimum absolute atomic E-state index is 0.241. The highest BCUT2D eigenvalue weighted by Crippen LogP contribution is 2.34. The van der Waals surface area contributed by atoms with Crippen LogP contribution in [0.4, 0.5) is 4.79 Å². The van der Waals surface area contributed by atoms with Crippen LogP contribution in [0.15, 0.2) is 48.8 Å². The van der Waals surface area contributed by atoms with Gasteiger partial charge in [-0.2, -0.15) is 5.10 Å². The number of hydrogen-bond acceptors (Lipinski definition) is 5. The lowest BCUT2D eigenvalue weighted by Crippen LogP contribution is -2.38. The van der Waals surface area contributed by atoms with E-state index in [0.717, 1.165) is 18.4 Å². The number of hydrogen-bond donors (Lipinski definition) is 0. The van der Waals surface area contributed by atoms with Crippen LogP contribution in [0.25, 0.3) is 16.6 Å². The highest BCUT2D eigenvalue weighted by Gasteiger charge is 2.26. The van der Waals surface area contributed by atoms with Gasteiger partial charge in [-0.1, -0.05) is 24.3 Å². The number of amides is 1. The molecule has 0 bridgehead atoms. The van der Waals surface area contributed by atoms with Crippen LogP contribution in [-0.2, 0) is 9.47 Å². The first-order chi connectivity index (χ1) is 18.0. The molecule has 2 fully saturated rings. The van der Waals surface area contributed by atoms with Crippen LogP contribution in [0.1, 0.15) is 62.5 Å². The minimum atomic E-state index is -0.241. The molecule has 0 unspecified atom stereocenters. The summed E-state index contributed by atoms with van der Waals surface area (Å²) < 4.78 is 12.3. The van der Waals surface area contributed by atoms with Crippen molar-refractivity contribution in [3.63, 3.8) is 0 Å². The van der Waals surface area contributed by atoms with Crippen molar-refractivity contribution in [2.75, 3.05) is 46.5 Å². The van der Waals surface area contributed by atoms with Crippen molar-refractivity contribution < 1.29 is 14.3 Å². The van der Waals surface area contributed by atoms with Crippen LogP contribution in [0.2, 0.25) is 0 Å². The van der Waals surface area contributed by atoms with Crippen LogP contribution in [-0.4, -0.2) is 78.1 Å². The van der Waals surface area contributed by atoms with Crippen LogP contribution < -0.4 is 0 Å². The molecule has 1 aromatic carbocycles. The summed E-state index contributed by atoms with van der Waals surface area (Å²) in [5, 5.41) is 4.60. The van der Waals surface area contributed by atoms with Crippen molar-refractivity contribution in [3.05, 3.63) is 59.9 Å². The summed E-state index contributed by atoms with van der Waals surface area (Å²) in [5.74, 6) is 1.06. The molecule has 37 heavy (non-hydrogen) atoms. The van der Waals surface area contributed by atoms with E-state index in [1.165, 1.54) is 48.2 Å². The fraction of sp³-hybridized carbons (Fsp3) is 0.533. The first-order valence-electron chi connectivity index (χ1n) is 13.8. The highest BCUT2D eigenvalue weighted by atomic mass is 16.6. The maximum atomic E-state index is 12.3. The van der Waals surface area contributed by atoms with E-state index in [0.29, 0.717) is 44.2 Å². The van der Waals surface area contributed by atoms with Crippen molar-refractivity contribution in [3.8, 4) is 11.1 Å². The van der Waals surface area contributed by atoms with Crippen molar-refractivity contribution in [2.24, 2.45) is 0 Å². The first-order valence-corrected chi connectivity index (χ1v) is 13.8. The molecule has 0 N–H and O–H groups in total. The molecule has 1 amide bonds. The molecule has 4 heterocycles. The van der Waals surface area contributed by atoms with Gasteiger partial charge in [0.1, 0.15) is 6.61 Å². The third kappa shape index (κ3) is 5.83. The van der Waals surface area contributed by atoms with E-state index in [9.17, 15) is 4.79 Å². The Labute approximate surface area is 220 Å². The number of ether oxygens (including phenoxy) is 2. The van der Waals surface area contributed by atoms with E-state index in [1.807, 2.05) is 15.6 Å². The number of carbonyl (C=O) groups is 1. The van der Waals surface area contributed by atoms with E-state index >= 15 is 0 Å². The normalized spacial score (nSPS) is 18.1. The zero-order valence-electron chi connectivity index (χ0n) is 22.4. The third-order valence-electron chi connectivity index (χ3n) is 8.22. The molecule has 5 rings (SSSR count). The summed E-state index contributed by atoms with van der Waals surface area (Å²) in [6.45, 7) is 9.10. The molecule has 0 spiro atoms. The third-order valence-corrected chi connectivity index (χ3v) is 8.22. The molecule has 0 atom stereocenters. The number of nitrogens with zero attached hydrogens (tertiary/aromatic N) is 4. The SMILES string of the molecule is COCCOC(=O)N1CCC(c2ccnn3cc(-c4ccc(C5CCN(C(C)C)CC5)cc4)cc23)CC1. The zero-order valence-corrected chi connectivity index (χ0v) is 22.4. The second-order valence-electron chi connectivity index (χ2n) is 10.7. The van der Waals surface area contributed by atoms with E-state index in [1.54, 1.807) is 7.11 Å². The molecular weight excluding hydrogens is 464 g/mol. The lowest BCUT2D eigenvalue weighted by molar-refractivity contribution is 0.0659. The summed E-state index contributed by atoms with van der Waals surface area (Å²) in [5.41, 5.74) is 6.35. The first kappa shape index (κ1) is 25.7. The molecule has 2 aliphatic heterocycles. The highest BCUT2D eigenvalue weighted by molar-refractivity contribution is 5.72. The lowest BCUT2D eigenvalue weighted by Gasteiger charge is -2.34. The Hall–Kier alpha value is -2.90. The average molecular weight is 505 g/mol. The Balaban J connectivity index is 1.25. The monoisotopic (exact) mass is 504 g/mol. The summed E-state index contributed by atoms with van der Waals surface area (Å²) in [7, 11) is 1.61. The predicted molar refractivity (Wildman–Crippen MR) is 146 cm³/mol. The number of rotatable bonds is 7. The van der Waals surface area contributed by atoms with Crippen molar-refractivity contribution in [1.82, 2.24) is 19.4 Å². The lowest BCUT2D eigenvalue weighted by atomic mass is 9.88. The van der Waals surface area contributed by atoms with E-state index in [2.05, 4.69) is 66.4 Å². The van der Waals surface area contributed by atoms with Crippen LogP contribution in [0.5, 0.6) is 0 Å². The topological polar surface area (TPSA) is 59.3 Å². The predicted octanol–water partition coefficient (Wildman–Crippen LogP) is 5.55. The van der Waals surface area contributed by atoms with Gasteiger partial charge in [0.15, 0.2) is 0 Å². The number of aromatic nitrogens is 2. The summed E-state index contributed by atoms with van der Waals surface area (Å²) in [6.07, 6.45) is 8.11. The molecule has 0 radical (unpaired) electrons. The Morgan fingerprint density at radius 3 is 2.32 bits per heavy atom. The molecule has 0 aliphatic carbocycles. The Kier molecular flexibility index (Phi) is 8.11. The Morgan fingerprint density at radius 1 is 0.946 bits per heavy atom. The molecule has 7 heteroatoms. The van der Waals surface area contributed by atoms with Gasteiger partial charge in [0.05, 0.1) is 12.1 Å². The van der Waals surface area contributed by atoms with E-state index in [4.69, 9.17) is 9.47 Å². The molecule has 0 saturated carbocycles. The summed E-state index contributed by atoms with van der Waals surface area (Å²) >= 11 is 0. The van der Waals surface area contributed by atoms with Gasteiger partial charge in [0, 0.05) is 44.2 Å². The molecule has 2 saturated heterocycles. The number of likely N-dealkylation sites (tertiary alicyclic amines) is 2. The molecular formula is C30H40N4O3. The summed E-state index contributed by atoms with van der Waals surface area (Å²) in [6, 6.07) is 14.2. The largest absolute Gasteiger partial charge is 0.447 e. The number of carbonyl (C=O) groups excluding carboxylic acids is 1. The minimum Gasteiger partial charge on any atom is -0.447 e. The molecule has 3 aromatic rings. The van der Waals surface area contributed by atoms with Crippen molar-refractivity contribution >= 4 is 11.6 Å². The summed E-state index contributed by atoms with van der Waals surface area (Å²) in [4.78, 5) is 16.7. The van der Waals surface area contributed by atoms with Gasteiger partial charge in [-0.05, 0) is 93.3 Å². The average Bonchev–Trinajstić information content (AvgIpc) is 3.38. The van der Waals surface area contributed by atoms with Gasteiger partial charge in [-0.3, -0.25) is 0 Å². The maximum absolute atomic E-state index is 12.3. The van der Waals surface area contributed by atoms with Gasteiger partial charge in [-0.25, -0.2) is 9.31 Å². The Morgan fingerprint density at radius 2 is 1.65 bits per heavy atom. The van der Waals surface area contributed by atoms with Crippen LogP contribution >= 0.6 is 0 Å². The quantitative estimate of drug-likeness (QED) is 0.395. The van der Waals surface area contributed by atoms with Crippen molar-refractivity contribution in [1.29, 1.82) is 0 Å². The van der Waals surface area contributed by atoms with Crippen molar-refractivity contribution in [2.45, 2.75) is 57.4 Å². The number of benzene rings is 1. The van der Waals surface area contributed by atoms with Gasteiger partial charge >= 0.3 is 6.09 Å². The maximum Gasteiger partial charge on any atom is 0.409 e. The molecule has 7 nitrogen and oxygen atoms in total. The van der Waals surface area contributed by atoms with Crippen LogP contribution in [0.3, 0.4) is 0 Å². The number of piperidine rings is 2. The molecule has 198 valence electrons. The molecule has 2 aromatic heterocycles. The van der Waals surface area contributed by atoms with Crippen LogP contribution in [0, 0.1) is 0 Å². The fourth-order valence-corrected chi connectivity index (χ4v) is 5.91. The second-order valence-corrected chi connectivity index (χ2v) is 10.7. The fourth-order valence-electron chi connectivity index (χ4n) is 5.91. The molecule has 2 aliphatic rings. The number of fused-ring (bicyclic) bond motifs is 1. The van der Waals surface area contributed by atoms with Gasteiger partial charge in [0.2, 0.25) is 0 Å². The van der Waals surface area contributed by atoms with Gasteiger partial charge < -0.3 is 19.3 Å². The smallest absolute Gasteiger partial charge is 0.409 e. The van der Waals surface area contributed by atoms with E-state index < -0.39 is 0 Å². The Bertz CT molecular complexity index is 1170. The second kappa shape index (κ2) is 11.7. The zero-order chi connectivity index (χ0) is 25.8.